The molecule has 0 atom stereocenters. The third-order valence-electron chi connectivity index (χ3n) is 12.2. The first-order valence-corrected chi connectivity index (χ1v) is 19.6. The van der Waals surface area contributed by atoms with Gasteiger partial charge in [-0.25, -0.2) is 0 Å². The molecular weight excluding hydrogens is 697 g/mol. The summed E-state index contributed by atoms with van der Waals surface area (Å²) in [4.78, 5) is 2.37. The zero-order valence-corrected chi connectivity index (χ0v) is 31.5. The summed E-state index contributed by atoms with van der Waals surface area (Å²) < 4.78 is 15.2. The number of rotatable bonds is 5. The van der Waals surface area contributed by atoms with E-state index >= 15 is 0 Å². The lowest BCUT2D eigenvalue weighted by Crippen LogP contribution is -2.16. The Hall–Kier alpha value is -7.30. The maximum atomic E-state index is 6.56. The third kappa shape index (κ3) is 4.68. The van der Waals surface area contributed by atoms with Crippen LogP contribution in [0.15, 0.2) is 191 Å². The molecule has 0 saturated heterocycles. The van der Waals surface area contributed by atoms with Gasteiger partial charge in [0.25, 0.3) is 0 Å². The number of aromatic nitrogens is 1. The van der Waals surface area contributed by atoms with Crippen molar-refractivity contribution in [2.75, 3.05) is 4.90 Å². The van der Waals surface area contributed by atoms with Crippen molar-refractivity contribution in [3.63, 3.8) is 0 Å². The lowest BCUT2D eigenvalue weighted by Gasteiger charge is -2.28. The van der Waals surface area contributed by atoms with Gasteiger partial charge in [-0.15, -0.1) is 0 Å². The van der Waals surface area contributed by atoms with E-state index < -0.39 is 0 Å². The summed E-state index contributed by atoms with van der Waals surface area (Å²) in [5.74, 6) is 0.863. The van der Waals surface area contributed by atoms with Gasteiger partial charge in [-0.1, -0.05) is 98.8 Å². The van der Waals surface area contributed by atoms with E-state index in [4.69, 9.17) is 8.83 Å². The SMILES string of the molecule is CC1(C)c2ccccc2-c2ccc(N(c3ccc(-c4cc5ccccc5o4)cc3)c3ccc(-n4c5ccccc5c5c6oc7ccccc7c6ccc54)cc3)cc21. The van der Waals surface area contributed by atoms with Crippen LogP contribution < -0.4 is 4.90 Å². The third-order valence-corrected chi connectivity index (χ3v) is 12.2. The molecule has 0 saturated carbocycles. The van der Waals surface area contributed by atoms with E-state index in [0.717, 1.165) is 83.4 Å². The summed E-state index contributed by atoms with van der Waals surface area (Å²) in [7, 11) is 0. The molecule has 12 rings (SSSR count). The van der Waals surface area contributed by atoms with E-state index in [0.29, 0.717) is 0 Å². The van der Waals surface area contributed by atoms with E-state index in [1.165, 1.54) is 27.6 Å². The van der Waals surface area contributed by atoms with E-state index in [9.17, 15) is 0 Å². The van der Waals surface area contributed by atoms with Crippen LogP contribution in [0.5, 0.6) is 0 Å². The van der Waals surface area contributed by atoms with Crippen LogP contribution in [-0.4, -0.2) is 4.57 Å². The summed E-state index contributed by atoms with van der Waals surface area (Å²) >= 11 is 0. The number of anilines is 3. The predicted molar refractivity (Wildman–Crippen MR) is 236 cm³/mol. The summed E-state index contributed by atoms with van der Waals surface area (Å²) in [5.41, 5.74) is 15.6. The minimum Gasteiger partial charge on any atom is -0.456 e. The van der Waals surface area contributed by atoms with Crippen molar-refractivity contribution >= 4 is 71.8 Å². The first-order chi connectivity index (χ1) is 28.0. The number of hydrogen-bond acceptors (Lipinski definition) is 3. The largest absolute Gasteiger partial charge is 0.456 e. The highest BCUT2D eigenvalue weighted by molar-refractivity contribution is 6.23. The Morgan fingerprint density at radius 1 is 0.474 bits per heavy atom. The lowest BCUT2D eigenvalue weighted by atomic mass is 9.82. The number of para-hydroxylation sites is 3. The zero-order chi connectivity index (χ0) is 37.8. The molecule has 0 spiro atoms. The molecule has 0 unspecified atom stereocenters. The van der Waals surface area contributed by atoms with Crippen LogP contribution >= 0.6 is 0 Å². The summed E-state index contributed by atoms with van der Waals surface area (Å²) in [6.07, 6.45) is 0. The van der Waals surface area contributed by atoms with Crippen LogP contribution in [0.3, 0.4) is 0 Å². The number of hydrogen-bond donors (Lipinski definition) is 0. The highest BCUT2D eigenvalue weighted by Crippen LogP contribution is 2.51. The van der Waals surface area contributed by atoms with Crippen molar-refractivity contribution in [3.05, 3.63) is 193 Å². The predicted octanol–water partition coefficient (Wildman–Crippen LogP) is 14.9. The number of benzene rings is 8. The molecule has 4 nitrogen and oxygen atoms in total. The molecule has 3 aromatic heterocycles. The second-order valence-electron chi connectivity index (χ2n) is 15.7. The topological polar surface area (TPSA) is 34.5 Å². The van der Waals surface area contributed by atoms with Crippen LogP contribution in [0.1, 0.15) is 25.0 Å². The Balaban J connectivity index is 1.00. The number of fused-ring (bicyclic) bond motifs is 11. The van der Waals surface area contributed by atoms with Gasteiger partial charge >= 0.3 is 0 Å². The molecule has 11 aromatic rings. The van der Waals surface area contributed by atoms with Crippen molar-refractivity contribution < 1.29 is 8.83 Å². The fraction of sp³-hybridized carbons (Fsp3) is 0.0566. The second-order valence-corrected chi connectivity index (χ2v) is 15.7. The van der Waals surface area contributed by atoms with Gasteiger partial charge < -0.3 is 18.3 Å². The van der Waals surface area contributed by atoms with Crippen LogP contribution in [0.25, 0.3) is 82.9 Å². The minimum atomic E-state index is -0.121. The Labute approximate surface area is 329 Å². The maximum absolute atomic E-state index is 6.56. The van der Waals surface area contributed by atoms with E-state index in [-0.39, 0.29) is 5.41 Å². The average molecular weight is 733 g/mol. The summed E-state index contributed by atoms with van der Waals surface area (Å²) in [6.45, 7) is 4.68. The molecule has 0 radical (unpaired) electrons. The van der Waals surface area contributed by atoms with Crippen LogP contribution in [-0.2, 0) is 5.41 Å². The molecule has 8 aromatic carbocycles. The van der Waals surface area contributed by atoms with E-state index in [2.05, 4.69) is 181 Å². The van der Waals surface area contributed by atoms with Crippen LogP contribution in [0.4, 0.5) is 17.1 Å². The monoisotopic (exact) mass is 732 g/mol. The summed E-state index contributed by atoms with van der Waals surface area (Å²) in [6, 6.07) is 65.2. The Bertz CT molecular complexity index is 3340. The normalized spacial score (nSPS) is 13.2. The fourth-order valence-electron chi connectivity index (χ4n) is 9.44. The molecule has 4 heteroatoms. The number of furan rings is 2. The van der Waals surface area contributed by atoms with E-state index in [1.54, 1.807) is 0 Å². The molecular formula is C53H36N2O2. The van der Waals surface area contributed by atoms with Crippen molar-refractivity contribution in [1.29, 1.82) is 0 Å². The highest BCUT2D eigenvalue weighted by Gasteiger charge is 2.35. The van der Waals surface area contributed by atoms with Gasteiger partial charge in [0.15, 0.2) is 0 Å². The molecule has 3 heterocycles. The van der Waals surface area contributed by atoms with Gasteiger partial charge in [0.1, 0.15) is 22.5 Å². The molecule has 0 amide bonds. The molecule has 0 fully saturated rings. The van der Waals surface area contributed by atoms with Crippen LogP contribution in [0.2, 0.25) is 0 Å². The van der Waals surface area contributed by atoms with Gasteiger partial charge in [-0.3, -0.25) is 0 Å². The standard InChI is InChI=1S/C53H36N2O2/c1-53(2)44-15-7-4-12-39(44)40-28-27-38(32-45(40)53)54(35-21-19-33(20-22-35)50-31-34-11-3-9-17-48(34)56-50)36-23-25-37(26-24-36)55-46-16-8-5-14-43(46)51-47(55)30-29-42-41-13-6-10-18-49(41)57-52(42)51/h3-32H,1-2H3. The van der Waals surface area contributed by atoms with Crippen molar-refractivity contribution in [3.8, 4) is 28.1 Å². The molecule has 57 heavy (non-hydrogen) atoms. The van der Waals surface area contributed by atoms with Crippen molar-refractivity contribution in [1.82, 2.24) is 4.57 Å². The minimum absolute atomic E-state index is 0.121. The molecule has 1 aliphatic carbocycles. The van der Waals surface area contributed by atoms with Gasteiger partial charge in [0, 0.05) is 55.3 Å². The van der Waals surface area contributed by atoms with Gasteiger partial charge in [-0.05, 0) is 119 Å². The fourth-order valence-corrected chi connectivity index (χ4v) is 9.44. The first-order valence-electron chi connectivity index (χ1n) is 19.6. The van der Waals surface area contributed by atoms with Crippen molar-refractivity contribution in [2.45, 2.75) is 19.3 Å². The molecule has 270 valence electrons. The Morgan fingerprint density at radius 2 is 1.14 bits per heavy atom. The first kappa shape index (κ1) is 32.0. The second kappa shape index (κ2) is 11.8. The summed E-state index contributed by atoms with van der Waals surface area (Å²) in [5, 5.41) is 5.69. The Kier molecular flexibility index (Phi) is 6.65. The zero-order valence-electron chi connectivity index (χ0n) is 31.5. The highest BCUT2D eigenvalue weighted by atomic mass is 16.3. The van der Waals surface area contributed by atoms with Crippen LogP contribution in [0, 0.1) is 0 Å². The van der Waals surface area contributed by atoms with Gasteiger partial charge in [0.2, 0.25) is 0 Å². The molecule has 0 bridgehead atoms. The smallest absolute Gasteiger partial charge is 0.145 e. The molecule has 1 aliphatic rings. The maximum Gasteiger partial charge on any atom is 0.145 e. The molecule has 0 aliphatic heterocycles. The van der Waals surface area contributed by atoms with Gasteiger partial charge in [-0.2, -0.15) is 0 Å². The van der Waals surface area contributed by atoms with E-state index in [1.807, 2.05) is 24.3 Å². The Morgan fingerprint density at radius 3 is 1.96 bits per heavy atom. The number of nitrogens with zero attached hydrogens (tertiary/aromatic N) is 2. The quantitative estimate of drug-likeness (QED) is 0.177. The van der Waals surface area contributed by atoms with Crippen molar-refractivity contribution in [2.24, 2.45) is 0 Å². The average Bonchev–Trinajstić information content (AvgIpc) is 4.00. The lowest BCUT2D eigenvalue weighted by molar-refractivity contribution is 0.631. The molecule has 0 N–H and O–H groups in total. The van der Waals surface area contributed by atoms with Gasteiger partial charge in [0.05, 0.1) is 16.4 Å².